The molecule has 0 saturated heterocycles. The van der Waals surface area contributed by atoms with Gasteiger partial charge in [-0.25, -0.2) is 9.59 Å². The molecule has 1 aromatic carbocycles. The number of benzene rings is 1. The van der Waals surface area contributed by atoms with Crippen LogP contribution in [0.2, 0.25) is 0 Å². The molecule has 1 amide bonds. The van der Waals surface area contributed by atoms with E-state index >= 15 is 0 Å². The Bertz CT molecular complexity index is 597. The highest BCUT2D eigenvalue weighted by atomic mass is 16.4. The molecule has 0 bridgehead atoms. The molecular formula is C10H11N3O3. The van der Waals surface area contributed by atoms with Crippen LogP contribution >= 0.6 is 0 Å². The summed E-state index contributed by atoms with van der Waals surface area (Å²) in [5.41, 5.74) is 2.13. The zero-order valence-corrected chi connectivity index (χ0v) is 8.65. The van der Waals surface area contributed by atoms with Gasteiger partial charge in [-0.2, -0.15) is 0 Å². The van der Waals surface area contributed by atoms with Crippen molar-refractivity contribution < 1.29 is 9.90 Å². The van der Waals surface area contributed by atoms with Crippen LogP contribution in [0.15, 0.2) is 23.0 Å². The van der Waals surface area contributed by atoms with Gasteiger partial charge in [0.15, 0.2) is 0 Å². The maximum absolute atomic E-state index is 11.3. The Morgan fingerprint density at radius 1 is 1.56 bits per heavy atom. The normalized spacial score (nSPS) is 10.6. The SMILES string of the molecule is Cn1c(=O)[nH]c2ccc(CNC(=O)O)cc21. The maximum Gasteiger partial charge on any atom is 0.404 e. The second-order valence-corrected chi connectivity index (χ2v) is 3.50. The average molecular weight is 221 g/mol. The summed E-state index contributed by atoms with van der Waals surface area (Å²) in [7, 11) is 1.66. The number of fused-ring (bicyclic) bond motifs is 1. The number of nitrogens with zero attached hydrogens (tertiary/aromatic N) is 1. The van der Waals surface area contributed by atoms with E-state index in [1.807, 2.05) is 0 Å². The molecule has 0 atom stereocenters. The Morgan fingerprint density at radius 3 is 3.00 bits per heavy atom. The van der Waals surface area contributed by atoms with Crippen LogP contribution in [0.3, 0.4) is 0 Å². The van der Waals surface area contributed by atoms with E-state index in [1.54, 1.807) is 25.2 Å². The topological polar surface area (TPSA) is 87.1 Å². The van der Waals surface area contributed by atoms with Crippen molar-refractivity contribution in [1.82, 2.24) is 14.9 Å². The molecule has 16 heavy (non-hydrogen) atoms. The third-order valence-electron chi connectivity index (χ3n) is 2.41. The summed E-state index contributed by atoms with van der Waals surface area (Å²) < 4.78 is 1.49. The van der Waals surface area contributed by atoms with Crippen molar-refractivity contribution in [1.29, 1.82) is 0 Å². The number of nitrogens with one attached hydrogen (secondary N) is 2. The number of imidazole rings is 1. The molecule has 0 radical (unpaired) electrons. The minimum absolute atomic E-state index is 0.182. The Morgan fingerprint density at radius 2 is 2.31 bits per heavy atom. The molecule has 1 heterocycles. The van der Waals surface area contributed by atoms with E-state index in [9.17, 15) is 9.59 Å². The number of H-pyrrole nitrogens is 1. The molecule has 3 N–H and O–H groups in total. The van der Waals surface area contributed by atoms with Crippen molar-refractivity contribution in [2.45, 2.75) is 6.54 Å². The van der Waals surface area contributed by atoms with Crippen LogP contribution in [0, 0.1) is 0 Å². The number of carbonyl (C=O) groups is 1. The van der Waals surface area contributed by atoms with E-state index in [-0.39, 0.29) is 12.2 Å². The third kappa shape index (κ3) is 1.77. The highest BCUT2D eigenvalue weighted by molar-refractivity contribution is 5.76. The lowest BCUT2D eigenvalue weighted by molar-refractivity contribution is 0.194. The Hall–Kier alpha value is -2.24. The van der Waals surface area contributed by atoms with Crippen molar-refractivity contribution in [3.8, 4) is 0 Å². The van der Waals surface area contributed by atoms with E-state index in [1.165, 1.54) is 4.57 Å². The third-order valence-corrected chi connectivity index (χ3v) is 2.41. The highest BCUT2D eigenvalue weighted by Gasteiger charge is 2.04. The van der Waals surface area contributed by atoms with Crippen molar-refractivity contribution in [2.75, 3.05) is 0 Å². The van der Waals surface area contributed by atoms with Gasteiger partial charge in [0, 0.05) is 13.6 Å². The Kier molecular flexibility index (Phi) is 2.40. The van der Waals surface area contributed by atoms with E-state index in [0.29, 0.717) is 0 Å². The van der Waals surface area contributed by atoms with Crippen molar-refractivity contribution in [2.24, 2.45) is 7.05 Å². The van der Waals surface area contributed by atoms with Gasteiger partial charge < -0.3 is 15.4 Å². The van der Waals surface area contributed by atoms with Crippen molar-refractivity contribution >= 4 is 17.1 Å². The highest BCUT2D eigenvalue weighted by Crippen LogP contribution is 2.11. The molecule has 0 saturated carbocycles. The molecule has 0 aliphatic rings. The van der Waals surface area contributed by atoms with Gasteiger partial charge in [-0.05, 0) is 17.7 Å². The van der Waals surface area contributed by atoms with E-state index in [0.717, 1.165) is 16.6 Å². The predicted octanol–water partition coefficient (Wildman–Crippen LogP) is 0.634. The number of carboxylic acid groups (broad SMARTS) is 1. The van der Waals surface area contributed by atoms with Gasteiger partial charge in [0.05, 0.1) is 11.0 Å². The van der Waals surface area contributed by atoms with Gasteiger partial charge in [0.1, 0.15) is 0 Å². The van der Waals surface area contributed by atoms with Gasteiger partial charge in [0.2, 0.25) is 0 Å². The minimum Gasteiger partial charge on any atom is -0.465 e. The van der Waals surface area contributed by atoms with E-state index in [2.05, 4.69) is 10.3 Å². The quantitative estimate of drug-likeness (QED) is 0.695. The summed E-state index contributed by atoms with van der Waals surface area (Å²) >= 11 is 0. The number of hydrogen-bond acceptors (Lipinski definition) is 2. The molecule has 2 aromatic rings. The van der Waals surface area contributed by atoms with Crippen LogP contribution in [-0.2, 0) is 13.6 Å². The minimum atomic E-state index is -1.07. The van der Waals surface area contributed by atoms with Crippen LogP contribution in [0.1, 0.15) is 5.56 Å². The first-order chi connectivity index (χ1) is 7.58. The second kappa shape index (κ2) is 3.73. The molecular weight excluding hydrogens is 210 g/mol. The van der Waals surface area contributed by atoms with E-state index < -0.39 is 6.09 Å². The lowest BCUT2D eigenvalue weighted by Gasteiger charge is -2.02. The Labute approximate surface area is 90.5 Å². The maximum atomic E-state index is 11.3. The van der Waals surface area contributed by atoms with Crippen LogP contribution in [0.5, 0.6) is 0 Å². The van der Waals surface area contributed by atoms with Gasteiger partial charge in [-0.1, -0.05) is 6.07 Å². The molecule has 1 aromatic heterocycles. The number of amides is 1. The fourth-order valence-corrected chi connectivity index (χ4v) is 1.56. The number of rotatable bonds is 2. The first-order valence-corrected chi connectivity index (χ1v) is 4.72. The molecule has 6 heteroatoms. The smallest absolute Gasteiger partial charge is 0.404 e. The lowest BCUT2D eigenvalue weighted by Crippen LogP contribution is -2.19. The van der Waals surface area contributed by atoms with Crippen LogP contribution < -0.4 is 11.0 Å². The molecule has 0 fully saturated rings. The summed E-state index contributed by atoms with van der Waals surface area (Å²) in [6.07, 6.45) is -1.07. The summed E-state index contributed by atoms with van der Waals surface area (Å²) in [6.45, 7) is 0.227. The zero-order valence-electron chi connectivity index (χ0n) is 8.65. The number of aromatic amines is 1. The average Bonchev–Trinajstić information content (AvgIpc) is 2.52. The van der Waals surface area contributed by atoms with E-state index in [4.69, 9.17) is 5.11 Å². The summed E-state index contributed by atoms with van der Waals surface area (Å²) in [4.78, 5) is 24.3. The zero-order chi connectivity index (χ0) is 11.7. The van der Waals surface area contributed by atoms with Crippen LogP contribution in [0.25, 0.3) is 11.0 Å². The van der Waals surface area contributed by atoms with Crippen molar-refractivity contribution in [3.05, 3.63) is 34.2 Å². The van der Waals surface area contributed by atoms with Crippen molar-refractivity contribution in [3.63, 3.8) is 0 Å². The number of aromatic nitrogens is 2. The first kappa shape index (κ1) is 10.3. The van der Waals surface area contributed by atoms with Crippen LogP contribution in [0.4, 0.5) is 4.79 Å². The monoisotopic (exact) mass is 221 g/mol. The standard InChI is InChI=1S/C10H11N3O3/c1-13-8-4-6(5-11-10(15)16)2-3-7(8)12-9(13)14/h2-4,11H,5H2,1H3,(H,12,14)(H,15,16). The number of aryl methyl sites for hydroxylation is 1. The van der Waals surface area contributed by atoms with Crippen LogP contribution in [-0.4, -0.2) is 20.8 Å². The molecule has 2 rings (SSSR count). The first-order valence-electron chi connectivity index (χ1n) is 4.72. The molecule has 0 unspecified atom stereocenters. The molecule has 84 valence electrons. The fraction of sp³-hybridized carbons (Fsp3) is 0.200. The lowest BCUT2D eigenvalue weighted by atomic mass is 10.2. The van der Waals surface area contributed by atoms with Gasteiger partial charge in [-0.3, -0.25) is 4.57 Å². The number of hydrogen-bond donors (Lipinski definition) is 3. The molecule has 6 nitrogen and oxygen atoms in total. The van der Waals surface area contributed by atoms with Gasteiger partial charge in [0.25, 0.3) is 0 Å². The predicted molar refractivity (Wildman–Crippen MR) is 58.4 cm³/mol. The largest absolute Gasteiger partial charge is 0.465 e. The molecule has 0 spiro atoms. The summed E-state index contributed by atoms with van der Waals surface area (Å²) in [5, 5.41) is 10.7. The second-order valence-electron chi connectivity index (χ2n) is 3.50. The summed E-state index contributed by atoms with van der Waals surface area (Å²) in [5.74, 6) is 0. The molecule has 0 aliphatic heterocycles. The van der Waals surface area contributed by atoms with Gasteiger partial charge >= 0.3 is 11.8 Å². The Balaban J connectivity index is 2.39. The molecule has 0 aliphatic carbocycles. The fourth-order valence-electron chi connectivity index (χ4n) is 1.56. The summed E-state index contributed by atoms with van der Waals surface area (Å²) in [6, 6.07) is 5.31. The van der Waals surface area contributed by atoms with Gasteiger partial charge in [-0.15, -0.1) is 0 Å².